The average Bonchev–Trinajstić information content (AvgIpc) is 2.57. The summed E-state index contributed by atoms with van der Waals surface area (Å²) in [6, 6.07) is 5.04. The highest BCUT2D eigenvalue weighted by Gasteiger charge is 2.06. The highest BCUT2D eigenvalue weighted by molar-refractivity contribution is 6.19. The first-order valence-corrected chi connectivity index (χ1v) is 5.05. The Bertz CT molecular complexity index is 556. The van der Waals surface area contributed by atoms with Crippen molar-refractivity contribution in [2.24, 2.45) is 0 Å². The zero-order valence-electron chi connectivity index (χ0n) is 7.84. The summed E-state index contributed by atoms with van der Waals surface area (Å²) in [5.41, 5.74) is 1.63. The molecule has 0 atom stereocenters. The first-order valence-electron chi connectivity index (χ1n) is 4.52. The number of halogens is 1. The number of rotatable bonds is 3. The number of ketones is 1. The molecule has 0 aliphatic carbocycles. The summed E-state index contributed by atoms with van der Waals surface area (Å²) in [5.74, 6) is 0.287. The summed E-state index contributed by atoms with van der Waals surface area (Å²) in [6.07, 6.45) is 0.307. The number of aromatic nitrogens is 2. The van der Waals surface area contributed by atoms with Crippen LogP contribution < -0.4 is 5.69 Å². The van der Waals surface area contributed by atoms with Crippen molar-refractivity contribution in [2.45, 2.75) is 6.42 Å². The van der Waals surface area contributed by atoms with Crippen LogP contribution in [0.15, 0.2) is 23.0 Å². The van der Waals surface area contributed by atoms with Gasteiger partial charge in [0.15, 0.2) is 5.78 Å². The molecule has 0 aliphatic heterocycles. The van der Waals surface area contributed by atoms with Crippen molar-refractivity contribution in [2.75, 3.05) is 5.88 Å². The lowest BCUT2D eigenvalue weighted by Gasteiger charge is -1.97. The highest BCUT2D eigenvalue weighted by Crippen LogP contribution is 2.12. The van der Waals surface area contributed by atoms with E-state index >= 15 is 0 Å². The van der Waals surface area contributed by atoms with Crippen molar-refractivity contribution in [3.05, 3.63) is 34.2 Å². The summed E-state index contributed by atoms with van der Waals surface area (Å²) in [7, 11) is 0. The highest BCUT2D eigenvalue weighted by atomic mass is 35.5. The number of alkyl halides is 1. The van der Waals surface area contributed by atoms with E-state index in [9.17, 15) is 9.59 Å². The Morgan fingerprint density at radius 2 is 2.00 bits per heavy atom. The zero-order chi connectivity index (χ0) is 10.8. The molecular weight excluding hydrogens is 216 g/mol. The molecule has 0 fully saturated rings. The molecular formula is C10H9ClN2O2. The van der Waals surface area contributed by atoms with Crippen LogP contribution in [-0.4, -0.2) is 21.6 Å². The molecule has 0 saturated carbocycles. The van der Waals surface area contributed by atoms with E-state index in [0.29, 0.717) is 28.9 Å². The molecule has 0 unspecified atom stereocenters. The van der Waals surface area contributed by atoms with Crippen LogP contribution >= 0.6 is 11.6 Å². The van der Waals surface area contributed by atoms with Crippen LogP contribution in [0.2, 0.25) is 0 Å². The van der Waals surface area contributed by atoms with E-state index in [0.717, 1.165) is 0 Å². The smallest absolute Gasteiger partial charge is 0.306 e. The van der Waals surface area contributed by atoms with Crippen LogP contribution in [0, 0.1) is 0 Å². The van der Waals surface area contributed by atoms with Gasteiger partial charge in [-0.25, -0.2) is 4.79 Å². The van der Waals surface area contributed by atoms with E-state index in [-0.39, 0.29) is 11.5 Å². The molecule has 2 rings (SSSR count). The summed E-state index contributed by atoms with van der Waals surface area (Å²) in [4.78, 5) is 27.7. The minimum atomic E-state index is -0.271. The Balaban J connectivity index is 2.46. The largest absolute Gasteiger partial charge is 0.323 e. The number of benzene rings is 1. The van der Waals surface area contributed by atoms with Gasteiger partial charge in [-0.1, -0.05) is 0 Å². The van der Waals surface area contributed by atoms with Crippen LogP contribution in [0.25, 0.3) is 11.0 Å². The van der Waals surface area contributed by atoms with Gasteiger partial charge in [0.05, 0.1) is 11.0 Å². The quantitative estimate of drug-likeness (QED) is 0.615. The van der Waals surface area contributed by atoms with E-state index in [2.05, 4.69) is 9.97 Å². The Hall–Kier alpha value is -1.55. The van der Waals surface area contributed by atoms with Crippen molar-refractivity contribution in [3.63, 3.8) is 0 Å². The number of Topliss-reactive ketones (excluding diaryl/α,β-unsaturated/α-hetero) is 1. The third-order valence-electron chi connectivity index (χ3n) is 2.16. The maximum absolute atomic E-state index is 11.5. The van der Waals surface area contributed by atoms with E-state index < -0.39 is 0 Å². The van der Waals surface area contributed by atoms with Gasteiger partial charge < -0.3 is 9.97 Å². The lowest BCUT2D eigenvalue weighted by molar-refractivity contribution is 0.0989. The van der Waals surface area contributed by atoms with Gasteiger partial charge in [0.1, 0.15) is 0 Å². The second-order valence-electron chi connectivity index (χ2n) is 3.20. The predicted molar refractivity (Wildman–Crippen MR) is 58.6 cm³/mol. The van der Waals surface area contributed by atoms with Gasteiger partial charge in [-0.3, -0.25) is 4.79 Å². The van der Waals surface area contributed by atoms with Crippen LogP contribution in [0.3, 0.4) is 0 Å². The third-order valence-corrected chi connectivity index (χ3v) is 2.35. The third kappa shape index (κ3) is 1.94. The number of nitrogens with one attached hydrogen (secondary N) is 2. The second-order valence-corrected chi connectivity index (χ2v) is 3.58. The fourth-order valence-corrected chi connectivity index (χ4v) is 1.61. The normalized spacial score (nSPS) is 10.7. The molecule has 15 heavy (non-hydrogen) atoms. The van der Waals surface area contributed by atoms with E-state index in [1.807, 2.05) is 0 Å². The number of fused-ring (bicyclic) bond motifs is 1. The van der Waals surface area contributed by atoms with Crippen molar-refractivity contribution < 1.29 is 4.79 Å². The van der Waals surface area contributed by atoms with Gasteiger partial charge in [-0.2, -0.15) is 0 Å². The number of hydrogen-bond donors (Lipinski definition) is 2. The topological polar surface area (TPSA) is 65.7 Å². The Kier molecular flexibility index (Phi) is 2.60. The average molecular weight is 225 g/mol. The van der Waals surface area contributed by atoms with Crippen LogP contribution in [0.4, 0.5) is 0 Å². The predicted octanol–water partition coefficient (Wildman–Crippen LogP) is 1.67. The van der Waals surface area contributed by atoms with E-state index in [1.165, 1.54) is 0 Å². The molecule has 0 bridgehead atoms. The van der Waals surface area contributed by atoms with E-state index in [4.69, 9.17) is 11.6 Å². The number of carbonyl (C=O) groups is 1. The molecule has 1 aromatic carbocycles. The Labute approximate surface area is 90.3 Å². The van der Waals surface area contributed by atoms with Gasteiger partial charge in [0, 0.05) is 17.9 Å². The monoisotopic (exact) mass is 224 g/mol. The van der Waals surface area contributed by atoms with Crippen molar-refractivity contribution >= 4 is 28.4 Å². The molecule has 5 heteroatoms. The van der Waals surface area contributed by atoms with Gasteiger partial charge in [-0.05, 0) is 18.2 Å². The van der Waals surface area contributed by atoms with Crippen LogP contribution in [0.5, 0.6) is 0 Å². The molecule has 1 heterocycles. The first kappa shape index (κ1) is 9.98. The number of aromatic amines is 2. The molecule has 0 radical (unpaired) electrons. The Morgan fingerprint density at radius 3 is 2.73 bits per heavy atom. The summed E-state index contributed by atoms with van der Waals surface area (Å²) < 4.78 is 0. The SMILES string of the molecule is O=C(CCCl)c1ccc2[nH]c(=O)[nH]c2c1. The number of hydrogen-bond acceptors (Lipinski definition) is 2. The number of imidazole rings is 1. The Morgan fingerprint density at radius 1 is 1.27 bits per heavy atom. The van der Waals surface area contributed by atoms with Crippen LogP contribution in [0.1, 0.15) is 16.8 Å². The van der Waals surface area contributed by atoms with Crippen molar-refractivity contribution in [3.8, 4) is 0 Å². The molecule has 2 aromatic rings. The zero-order valence-corrected chi connectivity index (χ0v) is 8.60. The minimum absolute atomic E-state index is 0.0195. The van der Waals surface area contributed by atoms with Crippen LogP contribution in [-0.2, 0) is 0 Å². The van der Waals surface area contributed by atoms with Gasteiger partial charge in [0.25, 0.3) is 0 Å². The summed E-state index contributed by atoms with van der Waals surface area (Å²) in [6.45, 7) is 0. The van der Waals surface area contributed by atoms with Crippen molar-refractivity contribution in [1.82, 2.24) is 9.97 Å². The molecule has 1 aromatic heterocycles. The van der Waals surface area contributed by atoms with E-state index in [1.54, 1.807) is 18.2 Å². The lowest BCUT2D eigenvalue weighted by Crippen LogP contribution is -1.99. The molecule has 0 amide bonds. The fraction of sp³-hybridized carbons (Fsp3) is 0.200. The minimum Gasteiger partial charge on any atom is -0.306 e. The van der Waals surface area contributed by atoms with Gasteiger partial charge in [0.2, 0.25) is 0 Å². The van der Waals surface area contributed by atoms with Gasteiger partial charge >= 0.3 is 5.69 Å². The second kappa shape index (κ2) is 3.90. The fourth-order valence-electron chi connectivity index (χ4n) is 1.44. The molecule has 0 spiro atoms. The summed E-state index contributed by atoms with van der Waals surface area (Å²) >= 11 is 5.48. The van der Waals surface area contributed by atoms with Gasteiger partial charge in [-0.15, -0.1) is 11.6 Å². The lowest BCUT2D eigenvalue weighted by atomic mass is 10.1. The first-order chi connectivity index (χ1) is 7.20. The molecule has 4 nitrogen and oxygen atoms in total. The molecule has 0 aliphatic rings. The number of carbonyl (C=O) groups excluding carboxylic acids is 1. The maximum atomic E-state index is 11.5. The molecule has 2 N–H and O–H groups in total. The molecule has 0 saturated heterocycles. The maximum Gasteiger partial charge on any atom is 0.323 e. The van der Waals surface area contributed by atoms with Crippen molar-refractivity contribution in [1.29, 1.82) is 0 Å². The molecule has 78 valence electrons. The standard InChI is InChI=1S/C10H9ClN2O2/c11-4-3-9(14)6-1-2-7-8(5-6)13-10(15)12-7/h1-2,5H,3-4H2,(H2,12,13,15). The number of H-pyrrole nitrogens is 2. The summed E-state index contributed by atoms with van der Waals surface area (Å²) in [5, 5.41) is 0.